The standard InChI is InChI=1S/C17H14N2O3/c1-9-12-5-4-10(15(20)21)7-11(12)8-17(9)13-3-2-6-18-14(13)19-16(17)22/h2-7,9H,8H2,1H3,(H,20,21)(H,18,19,22)/t9-,17-/m0/s1. The summed E-state index contributed by atoms with van der Waals surface area (Å²) in [6, 6.07) is 8.89. The first kappa shape index (κ1) is 13.0. The Kier molecular flexibility index (Phi) is 2.46. The Morgan fingerprint density at radius 2 is 2.23 bits per heavy atom. The molecule has 1 aromatic carbocycles. The van der Waals surface area contributed by atoms with Gasteiger partial charge in [-0.1, -0.05) is 19.1 Å². The van der Waals surface area contributed by atoms with E-state index in [4.69, 9.17) is 5.11 Å². The Hall–Kier alpha value is -2.69. The second-order valence-electron chi connectivity index (χ2n) is 5.94. The molecular weight excluding hydrogens is 280 g/mol. The van der Waals surface area contributed by atoms with Crippen LogP contribution >= 0.6 is 0 Å². The highest BCUT2D eigenvalue weighted by Gasteiger charge is 2.55. The summed E-state index contributed by atoms with van der Waals surface area (Å²) < 4.78 is 0. The maximum absolute atomic E-state index is 12.7. The van der Waals surface area contributed by atoms with Crippen molar-refractivity contribution < 1.29 is 14.7 Å². The van der Waals surface area contributed by atoms with Gasteiger partial charge in [0.1, 0.15) is 5.82 Å². The van der Waals surface area contributed by atoms with Crippen LogP contribution in [-0.2, 0) is 16.6 Å². The number of carboxylic acid groups (broad SMARTS) is 1. The van der Waals surface area contributed by atoms with Gasteiger partial charge in [0.25, 0.3) is 0 Å². The molecule has 4 rings (SSSR count). The number of anilines is 1. The van der Waals surface area contributed by atoms with Crippen molar-refractivity contribution >= 4 is 17.7 Å². The van der Waals surface area contributed by atoms with Crippen LogP contribution in [0.15, 0.2) is 36.5 Å². The van der Waals surface area contributed by atoms with Crippen LogP contribution in [0, 0.1) is 0 Å². The third kappa shape index (κ3) is 1.45. The molecule has 0 bridgehead atoms. The number of pyridine rings is 1. The number of fused-ring (bicyclic) bond motifs is 3. The Labute approximate surface area is 127 Å². The maximum Gasteiger partial charge on any atom is 0.335 e. The van der Waals surface area contributed by atoms with E-state index in [0.717, 1.165) is 16.7 Å². The van der Waals surface area contributed by atoms with E-state index in [0.29, 0.717) is 12.2 Å². The minimum atomic E-state index is -0.950. The summed E-state index contributed by atoms with van der Waals surface area (Å²) in [6.07, 6.45) is 2.17. The van der Waals surface area contributed by atoms with Crippen molar-refractivity contribution in [3.63, 3.8) is 0 Å². The molecule has 2 aromatic rings. The van der Waals surface area contributed by atoms with Gasteiger partial charge in [0, 0.05) is 17.7 Å². The highest BCUT2D eigenvalue weighted by atomic mass is 16.4. The van der Waals surface area contributed by atoms with E-state index in [1.165, 1.54) is 0 Å². The third-order valence-corrected chi connectivity index (χ3v) is 4.99. The number of amides is 1. The molecule has 0 saturated heterocycles. The smallest absolute Gasteiger partial charge is 0.335 e. The SMILES string of the molecule is C[C@H]1c2ccc(C(=O)O)cc2C[C@]12C(=O)Nc1ncccc12. The second-order valence-corrected chi connectivity index (χ2v) is 5.94. The summed E-state index contributed by atoms with van der Waals surface area (Å²) in [7, 11) is 0. The number of rotatable bonds is 1. The van der Waals surface area contributed by atoms with Crippen molar-refractivity contribution in [3.05, 3.63) is 58.8 Å². The first-order valence-electron chi connectivity index (χ1n) is 7.17. The number of aromatic carboxylic acids is 1. The average Bonchev–Trinajstić information content (AvgIpc) is 2.96. The van der Waals surface area contributed by atoms with Gasteiger partial charge in [0.15, 0.2) is 0 Å². The number of nitrogens with one attached hydrogen (secondary N) is 1. The van der Waals surface area contributed by atoms with Crippen LogP contribution in [-0.4, -0.2) is 22.0 Å². The van der Waals surface area contributed by atoms with Gasteiger partial charge in [-0.15, -0.1) is 0 Å². The number of hydrogen-bond acceptors (Lipinski definition) is 3. The van der Waals surface area contributed by atoms with Crippen LogP contribution in [0.3, 0.4) is 0 Å². The zero-order chi connectivity index (χ0) is 15.5. The van der Waals surface area contributed by atoms with Crippen LogP contribution in [0.1, 0.15) is 39.9 Å². The molecule has 5 nitrogen and oxygen atoms in total. The van der Waals surface area contributed by atoms with Gasteiger partial charge < -0.3 is 10.4 Å². The van der Waals surface area contributed by atoms with E-state index in [1.54, 1.807) is 18.3 Å². The molecule has 0 saturated carbocycles. The summed E-state index contributed by atoms with van der Waals surface area (Å²) in [4.78, 5) is 28.1. The second kappa shape index (κ2) is 4.16. The monoisotopic (exact) mass is 294 g/mol. The van der Waals surface area contributed by atoms with Gasteiger partial charge in [-0.05, 0) is 35.7 Å². The molecule has 2 heterocycles. The van der Waals surface area contributed by atoms with Crippen LogP contribution in [0.5, 0.6) is 0 Å². The van der Waals surface area contributed by atoms with E-state index in [2.05, 4.69) is 10.3 Å². The molecule has 22 heavy (non-hydrogen) atoms. The van der Waals surface area contributed by atoms with Crippen molar-refractivity contribution in [1.82, 2.24) is 4.98 Å². The molecule has 0 unspecified atom stereocenters. The number of carbonyl (C=O) groups is 2. The lowest BCUT2D eigenvalue weighted by molar-refractivity contribution is -0.121. The van der Waals surface area contributed by atoms with Gasteiger partial charge in [-0.2, -0.15) is 0 Å². The molecular formula is C17H14N2O3. The maximum atomic E-state index is 12.7. The number of carbonyl (C=O) groups excluding carboxylic acids is 1. The lowest BCUT2D eigenvalue weighted by atomic mass is 9.73. The number of aromatic nitrogens is 1. The number of benzene rings is 1. The average molecular weight is 294 g/mol. The predicted octanol–water partition coefficient (Wildman–Crippen LogP) is 2.33. The van der Waals surface area contributed by atoms with E-state index in [1.807, 2.05) is 25.1 Å². The van der Waals surface area contributed by atoms with Gasteiger partial charge in [-0.25, -0.2) is 9.78 Å². The minimum Gasteiger partial charge on any atom is -0.478 e. The molecule has 1 aliphatic heterocycles. The summed E-state index contributed by atoms with van der Waals surface area (Å²) in [5.41, 5.74) is 2.45. The fourth-order valence-electron chi connectivity index (χ4n) is 3.84. The van der Waals surface area contributed by atoms with Crippen molar-refractivity contribution in [1.29, 1.82) is 0 Å². The Bertz CT molecular complexity index is 830. The molecule has 0 radical (unpaired) electrons. The van der Waals surface area contributed by atoms with Gasteiger partial charge in [0.05, 0.1) is 11.0 Å². The molecule has 1 aliphatic carbocycles. The van der Waals surface area contributed by atoms with Gasteiger partial charge in [0.2, 0.25) is 5.91 Å². The van der Waals surface area contributed by atoms with Crippen molar-refractivity contribution in [2.75, 3.05) is 5.32 Å². The first-order chi connectivity index (χ1) is 10.5. The third-order valence-electron chi connectivity index (χ3n) is 4.99. The van der Waals surface area contributed by atoms with Crippen molar-refractivity contribution in [2.24, 2.45) is 0 Å². The van der Waals surface area contributed by atoms with Crippen molar-refractivity contribution in [3.8, 4) is 0 Å². The summed E-state index contributed by atoms with van der Waals surface area (Å²) in [5.74, 6) is -0.405. The zero-order valence-corrected chi connectivity index (χ0v) is 12.0. The Morgan fingerprint density at radius 3 is 3.00 bits per heavy atom. The Morgan fingerprint density at radius 1 is 1.41 bits per heavy atom. The lowest BCUT2D eigenvalue weighted by Gasteiger charge is -2.26. The van der Waals surface area contributed by atoms with Gasteiger partial charge in [-0.3, -0.25) is 4.79 Å². The number of nitrogens with zero attached hydrogens (tertiary/aromatic N) is 1. The van der Waals surface area contributed by atoms with E-state index in [-0.39, 0.29) is 17.4 Å². The van der Waals surface area contributed by atoms with Crippen LogP contribution in [0.2, 0.25) is 0 Å². The van der Waals surface area contributed by atoms with Gasteiger partial charge >= 0.3 is 5.97 Å². The highest BCUT2D eigenvalue weighted by Crippen LogP contribution is 2.53. The van der Waals surface area contributed by atoms with Crippen LogP contribution in [0.25, 0.3) is 0 Å². The highest BCUT2D eigenvalue weighted by molar-refractivity contribution is 6.07. The molecule has 2 aliphatic rings. The Balaban J connectivity index is 1.89. The first-order valence-corrected chi connectivity index (χ1v) is 7.17. The summed E-state index contributed by atoms with van der Waals surface area (Å²) in [5, 5.41) is 12.0. The molecule has 1 spiro atoms. The zero-order valence-electron chi connectivity index (χ0n) is 12.0. The fourth-order valence-corrected chi connectivity index (χ4v) is 3.84. The summed E-state index contributed by atoms with van der Waals surface area (Å²) >= 11 is 0. The summed E-state index contributed by atoms with van der Waals surface area (Å²) in [6.45, 7) is 2.02. The predicted molar refractivity (Wildman–Crippen MR) is 80.1 cm³/mol. The number of hydrogen-bond donors (Lipinski definition) is 2. The molecule has 2 N–H and O–H groups in total. The largest absolute Gasteiger partial charge is 0.478 e. The molecule has 1 amide bonds. The van der Waals surface area contributed by atoms with E-state index in [9.17, 15) is 9.59 Å². The fraction of sp³-hybridized carbons (Fsp3) is 0.235. The quantitative estimate of drug-likeness (QED) is 0.846. The normalized spacial score (nSPS) is 25.0. The molecule has 2 atom stereocenters. The molecule has 110 valence electrons. The van der Waals surface area contributed by atoms with E-state index >= 15 is 0 Å². The number of carboxylic acids is 1. The minimum absolute atomic E-state index is 0.0178. The topological polar surface area (TPSA) is 79.3 Å². The lowest BCUT2D eigenvalue weighted by Crippen LogP contribution is -2.37. The van der Waals surface area contributed by atoms with E-state index < -0.39 is 11.4 Å². The van der Waals surface area contributed by atoms with Crippen LogP contribution < -0.4 is 5.32 Å². The van der Waals surface area contributed by atoms with Crippen LogP contribution in [0.4, 0.5) is 5.82 Å². The molecule has 1 aromatic heterocycles. The molecule has 5 heteroatoms. The van der Waals surface area contributed by atoms with Crippen molar-refractivity contribution in [2.45, 2.75) is 24.7 Å². The molecule has 0 fully saturated rings.